The second-order valence-electron chi connectivity index (χ2n) is 9.50. The van der Waals surface area contributed by atoms with Gasteiger partial charge in [-0.25, -0.2) is 14.0 Å². The number of aryl methyl sites for hydroxylation is 1. The number of carbonyl (C=O) groups excluding carboxylic acids is 2. The van der Waals surface area contributed by atoms with Crippen molar-refractivity contribution in [3.8, 4) is 17.1 Å². The van der Waals surface area contributed by atoms with Gasteiger partial charge in [-0.1, -0.05) is 47.6 Å². The number of halogens is 4. The molecule has 0 fully saturated rings. The molecule has 2 unspecified atom stereocenters. The van der Waals surface area contributed by atoms with Crippen molar-refractivity contribution in [3.63, 3.8) is 0 Å². The summed E-state index contributed by atoms with van der Waals surface area (Å²) in [7, 11) is 0. The highest BCUT2D eigenvalue weighted by molar-refractivity contribution is 5.97. The van der Waals surface area contributed by atoms with Crippen LogP contribution in [0.5, 0.6) is 5.75 Å². The largest absolute Gasteiger partial charge is 0.573 e. The third kappa shape index (κ3) is 8.12. The zero-order valence-corrected chi connectivity index (χ0v) is 23.1. The number of anilines is 1. The summed E-state index contributed by atoms with van der Waals surface area (Å²) in [5.74, 6) is -2.92. The van der Waals surface area contributed by atoms with Gasteiger partial charge < -0.3 is 24.4 Å². The Morgan fingerprint density at radius 2 is 1.66 bits per heavy atom. The van der Waals surface area contributed by atoms with Gasteiger partial charge >= 0.3 is 18.4 Å². The number of aromatic nitrogens is 1. The zero-order chi connectivity index (χ0) is 32.0. The highest BCUT2D eigenvalue weighted by Crippen LogP contribution is 2.32. The van der Waals surface area contributed by atoms with E-state index < -0.39 is 48.0 Å². The van der Waals surface area contributed by atoms with Crippen LogP contribution >= 0.6 is 0 Å². The van der Waals surface area contributed by atoms with Gasteiger partial charge in [0, 0.05) is 23.1 Å². The molecular formula is C30H25F4N3O7. The van der Waals surface area contributed by atoms with Crippen LogP contribution in [-0.4, -0.2) is 40.6 Å². The van der Waals surface area contributed by atoms with Crippen molar-refractivity contribution >= 4 is 23.7 Å². The van der Waals surface area contributed by atoms with Crippen molar-refractivity contribution in [1.29, 1.82) is 0 Å². The maximum Gasteiger partial charge on any atom is 0.573 e. The molecule has 44 heavy (non-hydrogen) atoms. The number of hydrogen-bond acceptors (Lipinski definition) is 7. The standard InChI is InChI=1S/C30H25F4N3O7/c1-16-25(36-29(41)42-17(2)22-5-3-4-6-23(22)31)26(44-37-16)19-9-11-20(12-10-19)27(38)35-24(28(39)40)15-18-7-13-21(14-8-18)43-30(32,33)34/h3-14,17,24H,15H2,1-2H3,(H,35,38)(H,36,41)(H,39,40). The van der Waals surface area contributed by atoms with Gasteiger partial charge in [-0.3, -0.25) is 10.1 Å². The van der Waals surface area contributed by atoms with E-state index in [0.717, 1.165) is 12.1 Å². The molecule has 10 nitrogen and oxygen atoms in total. The van der Waals surface area contributed by atoms with Crippen molar-refractivity contribution in [2.45, 2.75) is 38.8 Å². The summed E-state index contributed by atoms with van der Waals surface area (Å²) in [5, 5.41) is 18.4. The molecule has 2 atom stereocenters. The predicted octanol–water partition coefficient (Wildman–Crippen LogP) is 6.42. The fraction of sp³-hybridized carbons (Fsp3) is 0.200. The molecule has 0 bridgehead atoms. The molecule has 3 aromatic carbocycles. The van der Waals surface area contributed by atoms with Gasteiger partial charge in [0.1, 0.15) is 35.1 Å². The molecular weight excluding hydrogens is 590 g/mol. The van der Waals surface area contributed by atoms with Crippen molar-refractivity contribution in [2.24, 2.45) is 0 Å². The number of nitrogens with one attached hydrogen (secondary N) is 2. The van der Waals surface area contributed by atoms with Crippen LogP contribution in [0.15, 0.2) is 77.3 Å². The number of alkyl halides is 3. The normalized spacial score (nSPS) is 12.6. The zero-order valence-electron chi connectivity index (χ0n) is 23.1. The highest BCUT2D eigenvalue weighted by atomic mass is 19.4. The highest BCUT2D eigenvalue weighted by Gasteiger charge is 2.31. The van der Waals surface area contributed by atoms with E-state index in [2.05, 4.69) is 20.5 Å². The van der Waals surface area contributed by atoms with E-state index in [1.165, 1.54) is 61.5 Å². The number of nitrogens with zero attached hydrogens (tertiary/aromatic N) is 1. The number of ether oxygens (including phenoxy) is 2. The van der Waals surface area contributed by atoms with Crippen molar-refractivity contribution < 1.29 is 51.0 Å². The van der Waals surface area contributed by atoms with Crippen LogP contribution in [0.1, 0.15) is 40.2 Å². The number of aliphatic carboxylic acids is 1. The molecule has 3 N–H and O–H groups in total. The number of rotatable bonds is 10. The maximum atomic E-state index is 14.0. The minimum atomic E-state index is -4.87. The van der Waals surface area contributed by atoms with Crippen molar-refractivity contribution in [2.75, 3.05) is 5.32 Å². The maximum absolute atomic E-state index is 14.0. The van der Waals surface area contributed by atoms with Crippen LogP contribution in [0, 0.1) is 12.7 Å². The second kappa shape index (κ2) is 13.3. The summed E-state index contributed by atoms with van der Waals surface area (Å²) in [5.41, 5.74) is 1.56. The summed E-state index contributed by atoms with van der Waals surface area (Å²) < 4.78 is 65.6. The van der Waals surface area contributed by atoms with Crippen LogP contribution in [0.2, 0.25) is 0 Å². The molecule has 0 aliphatic heterocycles. The smallest absolute Gasteiger partial charge is 0.480 e. The lowest BCUT2D eigenvalue weighted by molar-refractivity contribution is -0.274. The average Bonchev–Trinajstić information content (AvgIpc) is 3.32. The lowest BCUT2D eigenvalue weighted by Gasteiger charge is -2.16. The van der Waals surface area contributed by atoms with Gasteiger partial charge in [0.15, 0.2) is 5.76 Å². The van der Waals surface area contributed by atoms with Crippen molar-refractivity contribution in [1.82, 2.24) is 10.5 Å². The van der Waals surface area contributed by atoms with E-state index in [0.29, 0.717) is 16.8 Å². The predicted molar refractivity (Wildman–Crippen MR) is 147 cm³/mol. The average molecular weight is 616 g/mol. The topological polar surface area (TPSA) is 140 Å². The lowest BCUT2D eigenvalue weighted by Crippen LogP contribution is -2.42. The molecule has 0 aliphatic rings. The third-order valence-corrected chi connectivity index (χ3v) is 6.33. The van der Waals surface area contributed by atoms with Crippen LogP contribution in [0.4, 0.5) is 28.0 Å². The Morgan fingerprint density at radius 3 is 2.27 bits per heavy atom. The number of benzene rings is 3. The van der Waals surface area contributed by atoms with Gasteiger partial charge in [-0.05, 0) is 49.7 Å². The van der Waals surface area contributed by atoms with Crippen LogP contribution in [0.25, 0.3) is 11.3 Å². The molecule has 0 aliphatic carbocycles. The SMILES string of the molecule is Cc1noc(-c2ccc(C(=O)NC(Cc3ccc(OC(F)(F)F)cc3)C(=O)O)cc2)c1NC(=O)OC(C)c1ccccc1F. The number of carboxylic acids is 1. The second-order valence-corrected chi connectivity index (χ2v) is 9.50. The Kier molecular flexibility index (Phi) is 9.51. The fourth-order valence-corrected chi connectivity index (χ4v) is 4.15. The van der Waals surface area contributed by atoms with Crippen molar-refractivity contribution in [3.05, 3.63) is 101 Å². The van der Waals surface area contributed by atoms with E-state index in [9.17, 15) is 37.1 Å². The first-order valence-corrected chi connectivity index (χ1v) is 13.0. The van der Waals surface area contributed by atoms with Gasteiger partial charge in [-0.2, -0.15) is 0 Å². The molecule has 1 aromatic heterocycles. The number of carboxylic acid groups (broad SMARTS) is 1. The van der Waals surface area contributed by atoms with Gasteiger partial charge in [-0.15, -0.1) is 13.2 Å². The van der Waals surface area contributed by atoms with Crippen LogP contribution in [-0.2, 0) is 16.0 Å². The minimum Gasteiger partial charge on any atom is -0.480 e. The first-order chi connectivity index (χ1) is 20.8. The Balaban J connectivity index is 1.41. The molecule has 4 rings (SSSR count). The molecule has 0 saturated carbocycles. The lowest BCUT2D eigenvalue weighted by atomic mass is 10.0. The number of hydrogen-bond donors (Lipinski definition) is 3. The van der Waals surface area contributed by atoms with Crippen LogP contribution in [0.3, 0.4) is 0 Å². The Bertz CT molecular complexity index is 1640. The first kappa shape index (κ1) is 31.5. The Morgan fingerprint density at radius 1 is 1.00 bits per heavy atom. The van der Waals surface area contributed by atoms with E-state index in [-0.39, 0.29) is 29.0 Å². The molecule has 230 valence electrons. The van der Waals surface area contributed by atoms with Crippen LogP contribution < -0.4 is 15.4 Å². The Labute approximate surface area is 247 Å². The summed E-state index contributed by atoms with van der Waals surface area (Å²) in [4.78, 5) is 37.2. The summed E-state index contributed by atoms with van der Waals surface area (Å²) in [6.07, 6.45) is -6.85. The molecule has 14 heteroatoms. The molecule has 4 aromatic rings. The van der Waals surface area contributed by atoms with Gasteiger partial charge in [0.2, 0.25) is 0 Å². The molecule has 0 spiro atoms. The molecule has 0 saturated heterocycles. The monoisotopic (exact) mass is 615 g/mol. The number of amides is 2. The fourth-order valence-electron chi connectivity index (χ4n) is 4.15. The summed E-state index contributed by atoms with van der Waals surface area (Å²) in [6.45, 7) is 3.09. The van der Waals surface area contributed by atoms with E-state index >= 15 is 0 Å². The quantitative estimate of drug-likeness (QED) is 0.174. The molecule has 0 radical (unpaired) electrons. The summed E-state index contributed by atoms with van der Waals surface area (Å²) >= 11 is 0. The molecule has 2 amide bonds. The number of carbonyl (C=O) groups is 3. The summed E-state index contributed by atoms with van der Waals surface area (Å²) in [6, 6.07) is 14.9. The van der Waals surface area contributed by atoms with E-state index in [1.54, 1.807) is 13.0 Å². The third-order valence-electron chi connectivity index (χ3n) is 6.33. The Hall–Kier alpha value is -5.40. The minimum absolute atomic E-state index is 0.0952. The van der Waals surface area contributed by atoms with E-state index in [4.69, 9.17) is 9.26 Å². The first-order valence-electron chi connectivity index (χ1n) is 13.0. The van der Waals surface area contributed by atoms with Gasteiger partial charge in [0.05, 0.1) is 0 Å². The van der Waals surface area contributed by atoms with Gasteiger partial charge in [0.25, 0.3) is 5.91 Å². The van der Waals surface area contributed by atoms with E-state index in [1.807, 2.05) is 0 Å². The molecule has 1 heterocycles.